The van der Waals surface area contributed by atoms with Crippen LogP contribution in [-0.2, 0) is 14.2 Å². The maximum atomic E-state index is 10.9. The smallest absolute Gasteiger partial charge is 0.407 e. The summed E-state index contributed by atoms with van der Waals surface area (Å²) in [5.41, 5.74) is 0. The molecule has 1 radical (unpaired) electrons. The van der Waals surface area contributed by atoms with E-state index in [9.17, 15) is 4.79 Å². The molecule has 0 saturated heterocycles. The highest BCUT2D eigenvalue weighted by molar-refractivity contribution is 5.66. The first kappa shape index (κ1) is 13.2. The van der Waals surface area contributed by atoms with Crippen LogP contribution in [-0.4, -0.2) is 45.7 Å². The van der Waals surface area contributed by atoms with Gasteiger partial charge in [-0.2, -0.15) is 0 Å². The molecule has 5 nitrogen and oxygen atoms in total. The summed E-state index contributed by atoms with van der Waals surface area (Å²) in [6.45, 7) is 7.99. The maximum absolute atomic E-state index is 10.9. The van der Waals surface area contributed by atoms with Crippen LogP contribution in [0.3, 0.4) is 0 Å². The SMILES string of the molecule is [CH2]COCCOC(=O)NCCOCC. The molecule has 0 bridgehead atoms. The highest BCUT2D eigenvalue weighted by Crippen LogP contribution is 1.80. The van der Waals surface area contributed by atoms with E-state index < -0.39 is 6.09 Å². The summed E-state index contributed by atoms with van der Waals surface area (Å²) < 4.78 is 14.7. The summed E-state index contributed by atoms with van der Waals surface area (Å²) in [5.74, 6) is 0. The minimum absolute atomic E-state index is 0.246. The van der Waals surface area contributed by atoms with Gasteiger partial charge >= 0.3 is 6.09 Å². The first-order valence-corrected chi connectivity index (χ1v) is 4.66. The molecule has 0 spiro atoms. The molecule has 0 rings (SSSR count). The van der Waals surface area contributed by atoms with Gasteiger partial charge in [0, 0.05) is 19.8 Å². The zero-order valence-electron chi connectivity index (χ0n) is 8.58. The fourth-order valence-corrected chi connectivity index (χ4v) is 0.716. The van der Waals surface area contributed by atoms with Gasteiger partial charge in [0.15, 0.2) is 0 Å². The van der Waals surface area contributed by atoms with E-state index in [0.29, 0.717) is 33.0 Å². The van der Waals surface area contributed by atoms with Crippen LogP contribution < -0.4 is 5.32 Å². The molecule has 0 unspecified atom stereocenters. The topological polar surface area (TPSA) is 56.8 Å². The van der Waals surface area contributed by atoms with E-state index in [0.717, 1.165) is 0 Å². The highest BCUT2D eigenvalue weighted by Gasteiger charge is 1.99. The van der Waals surface area contributed by atoms with Crippen molar-refractivity contribution < 1.29 is 19.0 Å². The summed E-state index contributed by atoms with van der Waals surface area (Å²) in [7, 11) is 0. The number of carbonyl (C=O) groups is 1. The number of ether oxygens (including phenoxy) is 3. The third-order valence-corrected chi connectivity index (χ3v) is 1.33. The zero-order valence-corrected chi connectivity index (χ0v) is 8.58. The van der Waals surface area contributed by atoms with Crippen LogP contribution in [0.25, 0.3) is 0 Å². The lowest BCUT2D eigenvalue weighted by molar-refractivity contribution is 0.0821. The van der Waals surface area contributed by atoms with Crippen LogP contribution in [0.1, 0.15) is 6.92 Å². The molecular weight excluding hydrogens is 186 g/mol. The second kappa shape index (κ2) is 10.3. The van der Waals surface area contributed by atoms with Gasteiger partial charge in [-0.05, 0) is 13.8 Å². The lowest BCUT2D eigenvalue weighted by atomic mass is 10.7. The summed E-state index contributed by atoms with van der Waals surface area (Å²) in [6.07, 6.45) is -0.447. The number of hydrogen-bond donors (Lipinski definition) is 1. The van der Waals surface area contributed by atoms with Crippen molar-refractivity contribution in [2.24, 2.45) is 0 Å². The number of carbonyl (C=O) groups excluding carboxylic acids is 1. The van der Waals surface area contributed by atoms with Crippen LogP contribution in [0.15, 0.2) is 0 Å². The quantitative estimate of drug-likeness (QED) is 0.588. The summed E-state index contributed by atoms with van der Waals surface area (Å²) in [4.78, 5) is 10.9. The standard InChI is InChI=1S/C9H18NO4/c1-3-12-6-5-10-9(11)14-8-7-13-4-2/h2-8H2,1H3,(H,10,11). The van der Waals surface area contributed by atoms with Crippen molar-refractivity contribution in [1.82, 2.24) is 5.32 Å². The van der Waals surface area contributed by atoms with Gasteiger partial charge in [-0.25, -0.2) is 4.79 Å². The Morgan fingerprint density at radius 1 is 1.29 bits per heavy atom. The second-order valence-corrected chi connectivity index (χ2v) is 2.37. The fraction of sp³-hybridized carbons (Fsp3) is 0.778. The molecule has 0 aliphatic carbocycles. The molecule has 0 aliphatic heterocycles. The summed E-state index contributed by atoms with van der Waals surface area (Å²) in [6, 6.07) is 0. The predicted molar refractivity (Wildman–Crippen MR) is 52.0 cm³/mol. The predicted octanol–water partition coefficient (Wildman–Crippen LogP) is 0.600. The third-order valence-electron chi connectivity index (χ3n) is 1.33. The van der Waals surface area contributed by atoms with Crippen LogP contribution in [0.5, 0.6) is 0 Å². The minimum Gasteiger partial charge on any atom is -0.447 e. The lowest BCUT2D eigenvalue weighted by Gasteiger charge is -2.06. The maximum Gasteiger partial charge on any atom is 0.407 e. The van der Waals surface area contributed by atoms with Crippen molar-refractivity contribution in [1.29, 1.82) is 0 Å². The van der Waals surface area contributed by atoms with Gasteiger partial charge in [-0.1, -0.05) is 0 Å². The largest absolute Gasteiger partial charge is 0.447 e. The number of rotatable bonds is 8. The van der Waals surface area contributed by atoms with Gasteiger partial charge in [0.05, 0.1) is 13.2 Å². The molecule has 0 atom stereocenters. The monoisotopic (exact) mass is 204 g/mol. The molecule has 1 amide bonds. The highest BCUT2D eigenvalue weighted by atomic mass is 16.6. The van der Waals surface area contributed by atoms with E-state index in [1.54, 1.807) is 0 Å². The molecule has 0 fully saturated rings. The van der Waals surface area contributed by atoms with Crippen molar-refractivity contribution in [3.05, 3.63) is 6.92 Å². The summed E-state index contributed by atoms with van der Waals surface area (Å²) >= 11 is 0. The molecule has 0 aromatic heterocycles. The van der Waals surface area contributed by atoms with Crippen LogP contribution in [0, 0.1) is 6.92 Å². The average molecular weight is 204 g/mol. The number of hydrogen-bond acceptors (Lipinski definition) is 4. The molecule has 0 aromatic rings. The Kier molecular flexibility index (Phi) is 9.68. The van der Waals surface area contributed by atoms with Gasteiger partial charge in [-0.15, -0.1) is 0 Å². The Balaban J connectivity index is 3.11. The average Bonchev–Trinajstić information content (AvgIpc) is 2.19. The zero-order chi connectivity index (χ0) is 10.6. The van der Waals surface area contributed by atoms with Crippen molar-refractivity contribution in [3.63, 3.8) is 0 Å². The number of alkyl carbamates (subject to hydrolysis) is 1. The first-order valence-electron chi connectivity index (χ1n) is 4.66. The molecule has 0 saturated carbocycles. The Morgan fingerprint density at radius 3 is 2.71 bits per heavy atom. The van der Waals surface area contributed by atoms with E-state index in [2.05, 4.69) is 12.2 Å². The van der Waals surface area contributed by atoms with Gasteiger partial charge in [0.2, 0.25) is 0 Å². The van der Waals surface area contributed by atoms with Crippen molar-refractivity contribution >= 4 is 6.09 Å². The third kappa shape index (κ3) is 9.28. The Labute approximate surface area is 84.7 Å². The molecule has 14 heavy (non-hydrogen) atoms. The molecular formula is C9H18NO4. The van der Waals surface area contributed by atoms with Gasteiger partial charge in [0.25, 0.3) is 0 Å². The van der Waals surface area contributed by atoms with E-state index in [1.165, 1.54) is 0 Å². The van der Waals surface area contributed by atoms with E-state index in [1.807, 2.05) is 6.92 Å². The van der Waals surface area contributed by atoms with Crippen molar-refractivity contribution in [2.45, 2.75) is 6.92 Å². The van der Waals surface area contributed by atoms with Crippen molar-refractivity contribution in [3.8, 4) is 0 Å². The Morgan fingerprint density at radius 2 is 2.07 bits per heavy atom. The van der Waals surface area contributed by atoms with E-state index >= 15 is 0 Å². The van der Waals surface area contributed by atoms with Crippen LogP contribution in [0.4, 0.5) is 4.79 Å². The first-order chi connectivity index (χ1) is 6.81. The molecule has 83 valence electrons. The van der Waals surface area contributed by atoms with Gasteiger partial charge in [-0.3, -0.25) is 0 Å². The van der Waals surface area contributed by atoms with E-state index in [4.69, 9.17) is 14.2 Å². The Hall–Kier alpha value is -0.810. The second-order valence-electron chi connectivity index (χ2n) is 2.37. The van der Waals surface area contributed by atoms with Gasteiger partial charge in [0.1, 0.15) is 6.61 Å². The van der Waals surface area contributed by atoms with Crippen molar-refractivity contribution in [2.75, 3.05) is 39.6 Å². The normalized spacial score (nSPS) is 9.86. The fourth-order valence-electron chi connectivity index (χ4n) is 0.716. The van der Waals surface area contributed by atoms with E-state index in [-0.39, 0.29) is 6.61 Å². The molecule has 5 heteroatoms. The lowest BCUT2D eigenvalue weighted by Crippen LogP contribution is -2.28. The molecule has 1 N–H and O–H groups in total. The molecule has 0 aliphatic rings. The summed E-state index contributed by atoms with van der Waals surface area (Å²) in [5, 5.41) is 2.54. The van der Waals surface area contributed by atoms with Gasteiger partial charge < -0.3 is 19.5 Å². The Bertz CT molecular complexity index is 127. The molecule has 0 heterocycles. The van der Waals surface area contributed by atoms with Crippen LogP contribution in [0.2, 0.25) is 0 Å². The number of amides is 1. The minimum atomic E-state index is -0.447. The molecule has 0 aromatic carbocycles. The van der Waals surface area contributed by atoms with Crippen LogP contribution >= 0.6 is 0 Å². The number of nitrogens with one attached hydrogen (secondary N) is 1.